The van der Waals surface area contributed by atoms with E-state index in [1.165, 1.54) is 17.0 Å². The Balaban J connectivity index is 1.36. The maximum Gasteiger partial charge on any atom is 0.411 e. The second-order valence-electron chi connectivity index (χ2n) is 9.13. The highest BCUT2D eigenvalue weighted by atomic mass is 35.5. The summed E-state index contributed by atoms with van der Waals surface area (Å²) >= 11 is 5.99. The van der Waals surface area contributed by atoms with Gasteiger partial charge in [0.1, 0.15) is 5.82 Å². The number of hydrogen-bond acceptors (Lipinski definition) is 5. The van der Waals surface area contributed by atoms with Gasteiger partial charge in [-0.3, -0.25) is 19.5 Å². The molecular weight excluding hydrogens is 535 g/mol. The average Bonchev–Trinajstić information content (AvgIpc) is 3.29. The van der Waals surface area contributed by atoms with Gasteiger partial charge in [-0.15, -0.1) is 0 Å². The van der Waals surface area contributed by atoms with Crippen molar-refractivity contribution in [1.29, 1.82) is 0 Å². The predicted octanol–water partition coefficient (Wildman–Crippen LogP) is 5.50. The molecule has 1 aliphatic rings. The van der Waals surface area contributed by atoms with Crippen LogP contribution in [0.2, 0.25) is 5.02 Å². The molecule has 0 saturated carbocycles. The summed E-state index contributed by atoms with van der Waals surface area (Å²) in [6.45, 7) is 0.209. The molecule has 8 nitrogen and oxygen atoms in total. The van der Waals surface area contributed by atoms with Crippen molar-refractivity contribution in [3.63, 3.8) is 0 Å². The Morgan fingerprint density at radius 3 is 2.45 bits per heavy atom. The lowest BCUT2D eigenvalue weighted by Crippen LogP contribution is -2.46. The van der Waals surface area contributed by atoms with Gasteiger partial charge in [0, 0.05) is 22.5 Å². The van der Waals surface area contributed by atoms with Gasteiger partial charge in [0.15, 0.2) is 12.1 Å². The van der Waals surface area contributed by atoms with Gasteiger partial charge >= 0.3 is 6.09 Å². The van der Waals surface area contributed by atoms with E-state index >= 15 is 0 Å². The van der Waals surface area contributed by atoms with Crippen LogP contribution in [-0.4, -0.2) is 33.8 Å². The summed E-state index contributed by atoms with van der Waals surface area (Å²) in [5.74, 6) is -1.17. The number of nitrogens with zero attached hydrogens (tertiary/aromatic N) is 2. The fourth-order valence-electron chi connectivity index (χ4n) is 4.37. The Morgan fingerprint density at radius 2 is 1.75 bits per heavy atom. The number of pyridine rings is 1. The van der Waals surface area contributed by atoms with Gasteiger partial charge < -0.3 is 15.4 Å². The third-order valence-corrected chi connectivity index (χ3v) is 6.61. The van der Waals surface area contributed by atoms with Crippen LogP contribution < -0.4 is 10.6 Å². The van der Waals surface area contributed by atoms with Crippen molar-refractivity contribution < 1.29 is 23.5 Å². The molecule has 1 aromatic heterocycles. The van der Waals surface area contributed by atoms with E-state index in [9.17, 15) is 18.8 Å². The number of rotatable bonds is 8. The second kappa shape index (κ2) is 12.0. The highest BCUT2D eigenvalue weighted by Crippen LogP contribution is 2.34. The van der Waals surface area contributed by atoms with Crippen LogP contribution in [0, 0.1) is 5.82 Å². The van der Waals surface area contributed by atoms with Crippen LogP contribution >= 0.6 is 11.6 Å². The second-order valence-corrected chi connectivity index (χ2v) is 9.57. The molecule has 1 saturated heterocycles. The van der Waals surface area contributed by atoms with Gasteiger partial charge in [-0.05, 0) is 65.7 Å². The van der Waals surface area contributed by atoms with E-state index in [1.54, 1.807) is 79.0 Å². The molecule has 1 fully saturated rings. The van der Waals surface area contributed by atoms with Crippen LogP contribution in [0.3, 0.4) is 0 Å². The van der Waals surface area contributed by atoms with Crippen LogP contribution in [0.4, 0.5) is 14.9 Å². The molecule has 5 rings (SSSR count). The minimum atomic E-state index is -1.01. The van der Waals surface area contributed by atoms with Crippen molar-refractivity contribution >= 4 is 35.2 Å². The summed E-state index contributed by atoms with van der Waals surface area (Å²) in [5.41, 5.74) is 2.77. The smallest absolute Gasteiger partial charge is 0.411 e. The number of cyclic esters (lactones) is 1. The van der Waals surface area contributed by atoms with Crippen LogP contribution in [0.1, 0.15) is 33.3 Å². The molecule has 0 radical (unpaired) electrons. The molecule has 2 heterocycles. The van der Waals surface area contributed by atoms with Crippen LogP contribution in [0.5, 0.6) is 0 Å². The molecule has 40 heavy (non-hydrogen) atoms. The van der Waals surface area contributed by atoms with Crippen molar-refractivity contribution in [2.75, 3.05) is 5.32 Å². The lowest BCUT2D eigenvalue weighted by atomic mass is 10.00. The predicted molar refractivity (Wildman–Crippen MR) is 147 cm³/mol. The average molecular weight is 559 g/mol. The fraction of sp³-hybridized carbons (Fsp3) is 0.133. The zero-order chi connectivity index (χ0) is 28.1. The normalized spacial score (nSPS) is 16.4. The maximum atomic E-state index is 13.5. The molecule has 3 amide bonds. The summed E-state index contributed by atoms with van der Waals surface area (Å²) in [6, 6.07) is 23.3. The van der Waals surface area contributed by atoms with E-state index in [1.807, 2.05) is 6.07 Å². The van der Waals surface area contributed by atoms with Gasteiger partial charge in [0.05, 0.1) is 18.8 Å². The summed E-state index contributed by atoms with van der Waals surface area (Å²) in [7, 11) is 0. The number of benzene rings is 3. The largest absolute Gasteiger partial charge is 0.438 e. The highest BCUT2D eigenvalue weighted by molar-refractivity contribution is 6.31. The SMILES string of the molecule is O=C(Nc1ccc([C@@H]2OC(=O)N(Cc3ccc(F)cc3)[C@H]2C(=O)NCc2ccccn2)cc1)c1cccc(Cl)c1. The lowest BCUT2D eigenvalue weighted by molar-refractivity contribution is -0.126. The van der Waals surface area contributed by atoms with Gasteiger partial charge in [-0.25, -0.2) is 9.18 Å². The molecule has 2 atom stereocenters. The number of aromatic nitrogens is 1. The van der Waals surface area contributed by atoms with Crippen molar-refractivity contribution in [2.24, 2.45) is 0 Å². The summed E-state index contributed by atoms with van der Waals surface area (Å²) in [6.07, 6.45) is 0.0278. The van der Waals surface area contributed by atoms with E-state index in [-0.39, 0.29) is 19.0 Å². The number of anilines is 1. The van der Waals surface area contributed by atoms with Gasteiger partial charge in [-0.2, -0.15) is 0 Å². The molecule has 10 heteroatoms. The quantitative estimate of drug-likeness (QED) is 0.297. The van der Waals surface area contributed by atoms with E-state index in [4.69, 9.17) is 16.3 Å². The zero-order valence-corrected chi connectivity index (χ0v) is 21.8. The first kappa shape index (κ1) is 26.8. The lowest BCUT2D eigenvalue weighted by Gasteiger charge is -2.24. The van der Waals surface area contributed by atoms with Crippen LogP contribution in [0.15, 0.2) is 97.2 Å². The highest BCUT2D eigenvalue weighted by Gasteiger charge is 2.47. The third-order valence-electron chi connectivity index (χ3n) is 6.37. The molecule has 0 spiro atoms. The molecule has 0 aliphatic carbocycles. The Labute approximate surface area is 234 Å². The van der Waals surface area contributed by atoms with Crippen LogP contribution in [0.25, 0.3) is 0 Å². The standard InChI is InChI=1S/C30H24ClFN4O4/c31-22-5-3-4-21(16-22)28(37)35-24-13-9-20(10-14-24)27-26(29(38)34-17-25-6-1-2-15-33-25)36(30(39)40-27)18-19-7-11-23(32)12-8-19/h1-16,26-27H,17-18H2,(H,34,38)(H,35,37)/t26-,27+/m1/s1. The van der Waals surface area contributed by atoms with Gasteiger partial charge in [-0.1, -0.05) is 48.0 Å². The third kappa shape index (κ3) is 6.27. The number of ether oxygens (including phenoxy) is 1. The number of carbonyl (C=O) groups excluding carboxylic acids is 3. The van der Waals surface area contributed by atoms with E-state index in [2.05, 4.69) is 15.6 Å². The summed E-state index contributed by atoms with van der Waals surface area (Å²) < 4.78 is 19.1. The zero-order valence-electron chi connectivity index (χ0n) is 21.1. The Bertz CT molecular complexity index is 1520. The Hall–Kier alpha value is -4.76. The van der Waals surface area contributed by atoms with E-state index in [0.717, 1.165) is 0 Å². The summed E-state index contributed by atoms with van der Waals surface area (Å²) in [5, 5.41) is 6.09. The summed E-state index contributed by atoms with van der Waals surface area (Å²) in [4.78, 5) is 44.6. The molecule has 0 unspecified atom stereocenters. The molecule has 2 N–H and O–H groups in total. The minimum Gasteiger partial charge on any atom is -0.438 e. The van der Waals surface area contributed by atoms with Gasteiger partial charge in [0.25, 0.3) is 5.91 Å². The molecule has 202 valence electrons. The minimum absolute atomic E-state index is 0.0467. The number of carbonyl (C=O) groups is 3. The number of nitrogens with one attached hydrogen (secondary N) is 2. The Kier molecular flexibility index (Phi) is 8.02. The first-order valence-corrected chi connectivity index (χ1v) is 12.8. The van der Waals surface area contributed by atoms with Crippen molar-refractivity contribution in [1.82, 2.24) is 15.2 Å². The van der Waals surface area contributed by atoms with Crippen molar-refractivity contribution in [2.45, 2.75) is 25.2 Å². The van der Waals surface area contributed by atoms with E-state index < -0.39 is 30.0 Å². The number of amides is 3. The molecule has 3 aromatic carbocycles. The Morgan fingerprint density at radius 1 is 0.975 bits per heavy atom. The molecule has 0 bridgehead atoms. The van der Waals surface area contributed by atoms with Gasteiger partial charge in [0.2, 0.25) is 5.91 Å². The first-order chi connectivity index (χ1) is 19.4. The number of halogens is 2. The monoisotopic (exact) mass is 558 g/mol. The maximum absolute atomic E-state index is 13.5. The number of hydrogen-bond donors (Lipinski definition) is 2. The molecular formula is C30H24ClFN4O4. The molecule has 1 aliphatic heterocycles. The molecule has 4 aromatic rings. The van der Waals surface area contributed by atoms with Crippen molar-refractivity contribution in [3.05, 3.63) is 130 Å². The van der Waals surface area contributed by atoms with Crippen molar-refractivity contribution in [3.8, 4) is 0 Å². The fourth-order valence-corrected chi connectivity index (χ4v) is 4.56. The van der Waals surface area contributed by atoms with Crippen LogP contribution in [-0.2, 0) is 22.6 Å². The topological polar surface area (TPSA) is 101 Å². The van der Waals surface area contributed by atoms with E-state index in [0.29, 0.717) is 33.1 Å². The first-order valence-electron chi connectivity index (χ1n) is 12.4.